The summed E-state index contributed by atoms with van der Waals surface area (Å²) >= 11 is 3.80. The smallest absolute Gasteiger partial charge is 0.252 e. The van der Waals surface area contributed by atoms with Crippen LogP contribution in [0.15, 0.2) is 243 Å². The Hall–Kier alpha value is -8.81. The van der Waals surface area contributed by atoms with Crippen LogP contribution in [0.3, 0.4) is 0 Å². The van der Waals surface area contributed by atoms with Crippen molar-refractivity contribution in [2.75, 3.05) is 19.6 Å². The number of rotatable bonds is 4. The van der Waals surface area contributed by atoms with Crippen molar-refractivity contribution >= 4 is 177 Å². The Kier molecular flexibility index (Phi) is 8.46. The summed E-state index contributed by atoms with van der Waals surface area (Å²) < 4.78 is 5.15. The standard InChI is InChI=1S/C66H40B2N4S2/c1-5-21-41(22-6-1)69-51-33-17-15-31-47(51)67-50-37-49-53(38-54(50)72(44-27-11-4-12-28-44)66-62-46-30-14-20-36-58(46)73-59(62)39-55(69)63(66)67)70(42-23-7-2-8-24-42)56-40-60-61(45-29-13-19-35-57(45)74-60)65-64(56)68(49)48-32-16-18-34-52(48)71(65)43-25-9-3-10-26-43/h1-40H. The normalized spacial score (nSPS) is 13.8. The fourth-order valence-corrected chi connectivity index (χ4v) is 15.6. The number of hydrogen-bond acceptors (Lipinski definition) is 6. The number of anilines is 12. The maximum atomic E-state index is 2.65. The van der Waals surface area contributed by atoms with E-state index in [1.54, 1.807) is 0 Å². The molecule has 8 heteroatoms. The zero-order chi connectivity index (χ0) is 48.2. The lowest BCUT2D eigenvalue weighted by atomic mass is 9.30. The maximum Gasteiger partial charge on any atom is 0.252 e. The third kappa shape index (κ3) is 5.48. The van der Waals surface area contributed by atoms with Gasteiger partial charge in [-0.1, -0.05) is 152 Å². The molecule has 74 heavy (non-hydrogen) atoms. The summed E-state index contributed by atoms with van der Waals surface area (Å²) in [5.41, 5.74) is 22.3. The second-order valence-electron chi connectivity index (χ2n) is 19.9. The van der Waals surface area contributed by atoms with Crippen molar-refractivity contribution in [3.05, 3.63) is 243 Å². The number of hydrogen-bond donors (Lipinski definition) is 0. The number of thiophene rings is 2. The minimum atomic E-state index is -0.0755. The predicted molar refractivity (Wildman–Crippen MR) is 320 cm³/mol. The van der Waals surface area contributed by atoms with E-state index in [4.69, 9.17) is 0 Å². The third-order valence-corrected chi connectivity index (χ3v) is 18.4. The first-order chi connectivity index (χ1) is 36.8. The summed E-state index contributed by atoms with van der Waals surface area (Å²) in [6.07, 6.45) is 0. The second kappa shape index (κ2) is 15.4. The molecule has 4 aliphatic heterocycles. The molecule has 0 bridgehead atoms. The highest BCUT2D eigenvalue weighted by Crippen LogP contribution is 2.54. The van der Waals surface area contributed by atoms with Crippen LogP contribution in [-0.2, 0) is 0 Å². The van der Waals surface area contributed by atoms with Gasteiger partial charge in [0.05, 0.1) is 11.4 Å². The molecule has 0 aliphatic carbocycles. The molecule has 13 aromatic rings. The van der Waals surface area contributed by atoms with E-state index in [9.17, 15) is 0 Å². The molecular formula is C66H40B2N4S2. The van der Waals surface area contributed by atoms with Gasteiger partial charge in [0.2, 0.25) is 0 Å². The van der Waals surface area contributed by atoms with Crippen LogP contribution >= 0.6 is 22.7 Å². The maximum absolute atomic E-state index is 2.65. The molecule has 0 N–H and O–H groups in total. The molecule has 0 amide bonds. The average Bonchev–Trinajstić information content (AvgIpc) is 4.04. The first kappa shape index (κ1) is 40.7. The van der Waals surface area contributed by atoms with Gasteiger partial charge in [-0.3, -0.25) is 0 Å². The lowest BCUT2D eigenvalue weighted by Gasteiger charge is -2.47. The Morgan fingerprint density at radius 3 is 1.08 bits per heavy atom. The minimum Gasteiger partial charge on any atom is -0.311 e. The third-order valence-electron chi connectivity index (χ3n) is 16.1. The quantitative estimate of drug-likeness (QED) is 0.163. The summed E-state index contributed by atoms with van der Waals surface area (Å²) in [6, 6.07) is 91.0. The highest BCUT2D eigenvalue weighted by atomic mass is 32.1. The van der Waals surface area contributed by atoms with Crippen LogP contribution in [-0.4, -0.2) is 13.4 Å². The van der Waals surface area contributed by atoms with Crippen molar-refractivity contribution in [1.82, 2.24) is 0 Å². The van der Waals surface area contributed by atoms with Crippen LogP contribution in [0.1, 0.15) is 0 Å². The first-order valence-electron chi connectivity index (χ1n) is 25.5. The number of fused-ring (bicyclic) bond motifs is 16. The zero-order valence-corrected chi connectivity index (χ0v) is 41.5. The molecule has 17 rings (SSSR count). The molecular weight excluding hydrogens is 935 g/mol. The molecule has 342 valence electrons. The Morgan fingerprint density at radius 1 is 0.257 bits per heavy atom. The molecule has 4 nitrogen and oxygen atoms in total. The number of benzene rings is 11. The number of nitrogens with zero attached hydrogens (tertiary/aromatic N) is 4. The van der Waals surface area contributed by atoms with Gasteiger partial charge in [-0.2, -0.15) is 0 Å². The van der Waals surface area contributed by atoms with E-state index in [-0.39, 0.29) is 13.4 Å². The average molecular weight is 975 g/mol. The van der Waals surface area contributed by atoms with Crippen LogP contribution in [0, 0.1) is 0 Å². The monoisotopic (exact) mass is 974 g/mol. The van der Waals surface area contributed by atoms with Gasteiger partial charge in [-0.05, 0) is 124 Å². The molecule has 0 fully saturated rings. The van der Waals surface area contributed by atoms with E-state index in [2.05, 4.69) is 262 Å². The Balaban J connectivity index is 1.05. The van der Waals surface area contributed by atoms with Gasteiger partial charge in [0.25, 0.3) is 13.4 Å². The largest absolute Gasteiger partial charge is 0.311 e. The molecule has 0 unspecified atom stereocenters. The van der Waals surface area contributed by atoms with Gasteiger partial charge >= 0.3 is 0 Å². The summed E-state index contributed by atoms with van der Waals surface area (Å²) in [6.45, 7) is -0.151. The van der Waals surface area contributed by atoms with Gasteiger partial charge in [-0.25, -0.2) is 0 Å². The number of para-hydroxylation sites is 6. The van der Waals surface area contributed by atoms with E-state index in [0.717, 1.165) is 22.7 Å². The molecule has 11 aromatic carbocycles. The zero-order valence-electron chi connectivity index (χ0n) is 39.9. The van der Waals surface area contributed by atoms with Crippen LogP contribution < -0.4 is 52.4 Å². The summed E-state index contributed by atoms with van der Waals surface area (Å²) in [5, 5.41) is 5.20. The van der Waals surface area contributed by atoms with E-state index in [0.29, 0.717) is 0 Å². The van der Waals surface area contributed by atoms with Gasteiger partial charge in [-0.15, -0.1) is 22.7 Å². The lowest BCUT2D eigenvalue weighted by Crippen LogP contribution is -2.65. The van der Waals surface area contributed by atoms with E-state index in [1.807, 2.05) is 22.7 Å². The molecule has 0 saturated heterocycles. The van der Waals surface area contributed by atoms with Crippen LogP contribution in [0.2, 0.25) is 0 Å². The van der Waals surface area contributed by atoms with Crippen molar-refractivity contribution < 1.29 is 0 Å². The van der Waals surface area contributed by atoms with Crippen molar-refractivity contribution in [2.45, 2.75) is 0 Å². The van der Waals surface area contributed by atoms with E-state index < -0.39 is 0 Å². The van der Waals surface area contributed by atoms with Gasteiger partial charge in [0.15, 0.2) is 0 Å². The van der Waals surface area contributed by atoms with E-state index in [1.165, 1.54) is 119 Å². The highest BCUT2D eigenvalue weighted by molar-refractivity contribution is 7.26. The van der Waals surface area contributed by atoms with Crippen LogP contribution in [0.25, 0.3) is 40.3 Å². The molecule has 6 heterocycles. The molecule has 0 saturated carbocycles. The fraction of sp³-hybridized carbons (Fsp3) is 0. The minimum absolute atomic E-state index is 0.0755. The van der Waals surface area contributed by atoms with Crippen molar-refractivity contribution in [3.8, 4) is 0 Å². The fourth-order valence-electron chi connectivity index (χ4n) is 13.3. The van der Waals surface area contributed by atoms with Crippen molar-refractivity contribution in [2.24, 2.45) is 0 Å². The van der Waals surface area contributed by atoms with Gasteiger partial charge < -0.3 is 19.6 Å². The van der Waals surface area contributed by atoms with Gasteiger partial charge in [0, 0.05) is 97.2 Å². The Bertz CT molecular complexity index is 4460. The van der Waals surface area contributed by atoms with Crippen molar-refractivity contribution in [1.29, 1.82) is 0 Å². The van der Waals surface area contributed by atoms with Crippen molar-refractivity contribution in [3.63, 3.8) is 0 Å². The van der Waals surface area contributed by atoms with Crippen LogP contribution in [0.4, 0.5) is 68.2 Å². The van der Waals surface area contributed by atoms with E-state index >= 15 is 0 Å². The topological polar surface area (TPSA) is 13.0 Å². The summed E-state index contributed by atoms with van der Waals surface area (Å²) in [7, 11) is 0. The molecule has 0 radical (unpaired) electrons. The molecule has 2 aromatic heterocycles. The SMILES string of the molecule is c1ccc(N2c3cc4c(cc3B3c5ccccc5N(c5ccccc5)c5c3c2cc2sc3ccccc3c52)B2c3ccccc3N(c3ccccc3)c3cc5sc6ccccc6c5c(c32)N4c2ccccc2)cc1. The first-order valence-corrected chi connectivity index (χ1v) is 27.1. The summed E-state index contributed by atoms with van der Waals surface area (Å²) in [4.78, 5) is 10.3. The molecule has 0 spiro atoms. The Morgan fingerprint density at radius 2 is 0.608 bits per heavy atom. The second-order valence-corrected chi connectivity index (χ2v) is 22.1. The predicted octanol–water partition coefficient (Wildman–Crippen LogP) is 14.6. The molecule has 0 atom stereocenters. The van der Waals surface area contributed by atoms with Crippen LogP contribution in [0.5, 0.6) is 0 Å². The highest BCUT2D eigenvalue weighted by Gasteiger charge is 2.49. The lowest BCUT2D eigenvalue weighted by molar-refractivity contribution is 1.25. The Labute approximate surface area is 437 Å². The molecule has 4 aliphatic rings. The summed E-state index contributed by atoms with van der Waals surface area (Å²) in [5.74, 6) is 0. The van der Waals surface area contributed by atoms with Gasteiger partial charge in [0.1, 0.15) is 0 Å².